The van der Waals surface area contributed by atoms with Gasteiger partial charge in [0.1, 0.15) is 5.82 Å². The Labute approximate surface area is 121 Å². The van der Waals surface area contributed by atoms with Gasteiger partial charge < -0.3 is 10.0 Å². The summed E-state index contributed by atoms with van der Waals surface area (Å²) in [5.74, 6) is -1.73. The lowest BCUT2D eigenvalue weighted by atomic mass is 10.0. The predicted molar refractivity (Wildman–Crippen MR) is 74.0 cm³/mol. The summed E-state index contributed by atoms with van der Waals surface area (Å²) >= 11 is 1.14. The highest BCUT2D eigenvalue weighted by atomic mass is 32.2. The fourth-order valence-corrected chi connectivity index (χ4v) is 3.23. The third kappa shape index (κ3) is 3.12. The van der Waals surface area contributed by atoms with Gasteiger partial charge in [-0.2, -0.15) is 0 Å². The van der Waals surface area contributed by atoms with Gasteiger partial charge in [-0.1, -0.05) is 12.1 Å². The number of hydrogen-bond acceptors (Lipinski definition) is 3. The fraction of sp³-hybridized carbons (Fsp3) is 0.429. The van der Waals surface area contributed by atoms with Crippen molar-refractivity contribution in [3.8, 4) is 0 Å². The lowest BCUT2D eigenvalue weighted by Gasteiger charge is -2.23. The monoisotopic (exact) mass is 297 g/mol. The van der Waals surface area contributed by atoms with Crippen LogP contribution >= 0.6 is 11.8 Å². The third-order valence-corrected chi connectivity index (χ3v) is 4.61. The molecule has 108 valence electrons. The van der Waals surface area contributed by atoms with Crippen molar-refractivity contribution in [1.82, 2.24) is 4.90 Å². The molecular weight excluding hydrogens is 281 g/mol. The van der Waals surface area contributed by atoms with Crippen molar-refractivity contribution in [2.75, 3.05) is 12.3 Å². The minimum Gasteiger partial charge on any atom is -0.481 e. The van der Waals surface area contributed by atoms with Gasteiger partial charge in [-0.15, -0.1) is 11.8 Å². The fourth-order valence-electron chi connectivity index (χ4n) is 2.41. The maximum atomic E-state index is 13.4. The number of halogens is 1. The number of rotatable bonds is 4. The van der Waals surface area contributed by atoms with E-state index >= 15 is 0 Å². The largest absolute Gasteiger partial charge is 0.481 e. The van der Waals surface area contributed by atoms with Crippen molar-refractivity contribution in [3.05, 3.63) is 30.1 Å². The molecule has 1 saturated heterocycles. The van der Waals surface area contributed by atoms with Gasteiger partial charge in [-0.05, 0) is 25.5 Å². The Kier molecular flexibility index (Phi) is 4.65. The highest BCUT2D eigenvalue weighted by Gasteiger charge is 2.37. The molecule has 1 aliphatic rings. The van der Waals surface area contributed by atoms with Crippen LogP contribution in [0.1, 0.15) is 13.3 Å². The van der Waals surface area contributed by atoms with E-state index in [9.17, 15) is 14.0 Å². The molecule has 1 heterocycles. The summed E-state index contributed by atoms with van der Waals surface area (Å²) in [6, 6.07) is 5.99. The van der Waals surface area contributed by atoms with Gasteiger partial charge in [0.2, 0.25) is 5.91 Å². The van der Waals surface area contributed by atoms with E-state index in [0.29, 0.717) is 17.9 Å². The summed E-state index contributed by atoms with van der Waals surface area (Å²) in [5, 5.41) is 9.03. The molecule has 6 heteroatoms. The molecule has 2 unspecified atom stereocenters. The van der Waals surface area contributed by atoms with Crippen molar-refractivity contribution >= 4 is 23.6 Å². The molecular formula is C14H16FNO3S. The Bertz CT molecular complexity index is 523. The SMILES string of the molecule is CC1C(C(=O)O)CCN1C(=O)CSc1ccccc1F. The predicted octanol–water partition coefficient (Wildman–Crippen LogP) is 2.24. The molecule has 1 aromatic rings. The molecule has 2 rings (SSSR count). The smallest absolute Gasteiger partial charge is 0.308 e. The second-order valence-corrected chi connectivity index (χ2v) is 5.80. The van der Waals surface area contributed by atoms with Crippen molar-refractivity contribution < 1.29 is 19.1 Å². The number of likely N-dealkylation sites (tertiary alicyclic amines) is 1. The Balaban J connectivity index is 1.93. The molecule has 0 saturated carbocycles. The maximum Gasteiger partial charge on any atom is 0.308 e. The number of benzene rings is 1. The number of carboxylic acids is 1. The maximum absolute atomic E-state index is 13.4. The molecule has 4 nitrogen and oxygen atoms in total. The van der Waals surface area contributed by atoms with E-state index < -0.39 is 11.9 Å². The molecule has 0 bridgehead atoms. The summed E-state index contributed by atoms with van der Waals surface area (Å²) in [6.45, 7) is 2.20. The minimum atomic E-state index is -0.866. The Hall–Kier alpha value is -1.56. The summed E-state index contributed by atoms with van der Waals surface area (Å²) in [5.41, 5.74) is 0. The Morgan fingerprint density at radius 2 is 2.15 bits per heavy atom. The first kappa shape index (κ1) is 14.8. The lowest BCUT2D eigenvalue weighted by molar-refractivity contribution is -0.142. The van der Waals surface area contributed by atoms with Crippen LogP contribution < -0.4 is 0 Å². The summed E-state index contributed by atoms with van der Waals surface area (Å²) < 4.78 is 13.4. The molecule has 1 amide bonds. The molecule has 1 aliphatic heterocycles. The molecule has 20 heavy (non-hydrogen) atoms. The quantitative estimate of drug-likeness (QED) is 0.866. The second kappa shape index (κ2) is 6.26. The van der Waals surface area contributed by atoms with Crippen LogP contribution in [0.4, 0.5) is 4.39 Å². The van der Waals surface area contributed by atoms with Crippen molar-refractivity contribution in [2.24, 2.45) is 5.92 Å². The number of carbonyl (C=O) groups is 2. The normalized spacial score (nSPS) is 22.0. The van der Waals surface area contributed by atoms with E-state index in [0.717, 1.165) is 11.8 Å². The van der Waals surface area contributed by atoms with Crippen LogP contribution in [-0.2, 0) is 9.59 Å². The molecule has 2 atom stereocenters. The molecule has 0 aromatic heterocycles. The molecule has 0 aliphatic carbocycles. The summed E-state index contributed by atoms with van der Waals surface area (Å²) in [4.78, 5) is 25.1. The van der Waals surface area contributed by atoms with Crippen molar-refractivity contribution in [3.63, 3.8) is 0 Å². The highest BCUT2D eigenvalue weighted by molar-refractivity contribution is 8.00. The average molecular weight is 297 g/mol. The Morgan fingerprint density at radius 3 is 2.75 bits per heavy atom. The first-order chi connectivity index (χ1) is 9.50. The number of carbonyl (C=O) groups excluding carboxylic acids is 1. The number of thioether (sulfide) groups is 1. The van der Waals surface area contributed by atoms with Gasteiger partial charge in [0.05, 0.1) is 11.7 Å². The van der Waals surface area contributed by atoms with Crippen LogP contribution in [0.25, 0.3) is 0 Å². The molecule has 1 aromatic carbocycles. The van der Waals surface area contributed by atoms with Crippen LogP contribution in [-0.4, -0.2) is 40.2 Å². The highest BCUT2D eigenvalue weighted by Crippen LogP contribution is 2.27. The standard InChI is InChI=1S/C14H16FNO3S/c1-9-10(14(18)19)6-7-16(9)13(17)8-20-12-5-3-2-4-11(12)15/h2-5,9-10H,6-8H2,1H3,(H,18,19). The second-order valence-electron chi connectivity index (χ2n) is 4.78. The molecule has 0 radical (unpaired) electrons. The third-order valence-electron chi connectivity index (χ3n) is 3.58. The molecule has 1 fully saturated rings. The summed E-state index contributed by atoms with van der Waals surface area (Å²) in [7, 11) is 0. The van der Waals surface area contributed by atoms with Gasteiger partial charge in [-0.25, -0.2) is 4.39 Å². The van der Waals surface area contributed by atoms with Crippen LogP contribution in [0.3, 0.4) is 0 Å². The van der Waals surface area contributed by atoms with Crippen LogP contribution in [0.2, 0.25) is 0 Å². The number of aliphatic carboxylic acids is 1. The van der Waals surface area contributed by atoms with Crippen LogP contribution in [0.5, 0.6) is 0 Å². The number of amides is 1. The minimum absolute atomic E-state index is 0.123. The summed E-state index contributed by atoms with van der Waals surface area (Å²) in [6.07, 6.45) is 0.479. The molecule has 0 spiro atoms. The van der Waals surface area contributed by atoms with Crippen LogP contribution in [0.15, 0.2) is 29.2 Å². The lowest BCUT2D eigenvalue weighted by Crippen LogP contribution is -2.38. The number of carboxylic acid groups (broad SMARTS) is 1. The first-order valence-corrected chi connectivity index (χ1v) is 7.39. The first-order valence-electron chi connectivity index (χ1n) is 6.40. The van der Waals surface area contributed by atoms with Crippen molar-refractivity contribution in [1.29, 1.82) is 0 Å². The van der Waals surface area contributed by atoms with Gasteiger partial charge in [-0.3, -0.25) is 9.59 Å². The zero-order valence-corrected chi connectivity index (χ0v) is 11.9. The van der Waals surface area contributed by atoms with E-state index in [2.05, 4.69) is 0 Å². The zero-order chi connectivity index (χ0) is 14.7. The van der Waals surface area contributed by atoms with E-state index in [-0.39, 0.29) is 23.5 Å². The number of hydrogen-bond donors (Lipinski definition) is 1. The van der Waals surface area contributed by atoms with Crippen molar-refractivity contribution in [2.45, 2.75) is 24.3 Å². The Morgan fingerprint density at radius 1 is 1.45 bits per heavy atom. The molecule has 1 N–H and O–H groups in total. The van der Waals surface area contributed by atoms with Gasteiger partial charge in [0.25, 0.3) is 0 Å². The van der Waals surface area contributed by atoms with E-state index in [4.69, 9.17) is 5.11 Å². The van der Waals surface area contributed by atoms with Gasteiger partial charge in [0.15, 0.2) is 0 Å². The zero-order valence-electron chi connectivity index (χ0n) is 11.1. The average Bonchev–Trinajstić information content (AvgIpc) is 2.79. The van der Waals surface area contributed by atoms with Crippen LogP contribution in [0, 0.1) is 11.7 Å². The topological polar surface area (TPSA) is 57.6 Å². The number of nitrogens with zero attached hydrogens (tertiary/aromatic N) is 1. The van der Waals surface area contributed by atoms with E-state index in [1.54, 1.807) is 30.0 Å². The van der Waals surface area contributed by atoms with Gasteiger partial charge in [0, 0.05) is 17.5 Å². The van der Waals surface area contributed by atoms with E-state index in [1.165, 1.54) is 6.07 Å². The van der Waals surface area contributed by atoms with Gasteiger partial charge >= 0.3 is 5.97 Å². The van der Waals surface area contributed by atoms with E-state index in [1.807, 2.05) is 0 Å².